The Morgan fingerprint density at radius 2 is 1.64 bits per heavy atom. The maximum absolute atomic E-state index is 10.3. The summed E-state index contributed by atoms with van der Waals surface area (Å²) in [6, 6.07) is 26.7. The fourth-order valence-electron chi connectivity index (χ4n) is 4.55. The van der Waals surface area contributed by atoms with Crippen molar-refractivity contribution in [2.24, 2.45) is 0 Å². The molecule has 0 aliphatic heterocycles. The van der Waals surface area contributed by atoms with Crippen molar-refractivity contribution in [1.82, 2.24) is 14.5 Å². The molecule has 0 bridgehead atoms. The Morgan fingerprint density at radius 1 is 0.833 bits per heavy atom. The number of benzene rings is 3. The SMILES string of the molecule is COc1cc(C)cc(-n2c3[c-]c(Oc4cc(C)c5cccc(O)c5n4)ccc3c3ccccc32)n1.[Pt]. The number of aromatic nitrogens is 3. The third-order valence-electron chi connectivity index (χ3n) is 6.14. The third kappa shape index (κ3) is 3.98. The number of phenols is 1. The van der Waals surface area contributed by atoms with Gasteiger partial charge in [0, 0.05) is 49.9 Å². The van der Waals surface area contributed by atoms with Gasteiger partial charge in [-0.15, -0.1) is 17.5 Å². The van der Waals surface area contributed by atoms with E-state index in [0.29, 0.717) is 23.0 Å². The number of para-hydroxylation sites is 2. The Balaban J connectivity index is 0.00000267. The summed E-state index contributed by atoms with van der Waals surface area (Å²) in [7, 11) is 1.62. The number of nitrogens with zero attached hydrogens (tertiary/aromatic N) is 3. The van der Waals surface area contributed by atoms with Crippen LogP contribution < -0.4 is 9.47 Å². The molecule has 1 N–H and O–H groups in total. The van der Waals surface area contributed by atoms with Crippen LogP contribution in [0.3, 0.4) is 0 Å². The van der Waals surface area contributed by atoms with Crippen molar-refractivity contribution in [2.45, 2.75) is 13.8 Å². The van der Waals surface area contributed by atoms with Crippen molar-refractivity contribution in [1.29, 1.82) is 0 Å². The molecule has 0 saturated heterocycles. The Kier molecular flexibility index (Phi) is 6.15. The minimum Gasteiger partial charge on any atom is -0.506 e. The summed E-state index contributed by atoms with van der Waals surface area (Å²) in [5, 5.41) is 13.3. The van der Waals surface area contributed by atoms with Crippen LogP contribution in [0.1, 0.15) is 11.1 Å². The van der Waals surface area contributed by atoms with E-state index in [9.17, 15) is 5.11 Å². The molecule has 0 spiro atoms. The summed E-state index contributed by atoms with van der Waals surface area (Å²) in [5.41, 5.74) is 4.37. The van der Waals surface area contributed by atoms with Gasteiger partial charge in [-0.3, -0.25) is 0 Å². The Hall–Kier alpha value is -3.89. The first kappa shape index (κ1) is 23.8. The molecule has 0 saturated carbocycles. The normalized spacial score (nSPS) is 11.1. The summed E-state index contributed by atoms with van der Waals surface area (Å²) in [6.45, 7) is 3.99. The van der Waals surface area contributed by atoms with E-state index in [4.69, 9.17) is 14.5 Å². The molecular weight excluding hydrogens is 633 g/mol. The van der Waals surface area contributed by atoms with Crippen LogP contribution in [0, 0.1) is 19.9 Å². The molecule has 36 heavy (non-hydrogen) atoms. The van der Waals surface area contributed by atoms with Crippen LogP contribution in [0.25, 0.3) is 38.5 Å². The van der Waals surface area contributed by atoms with Gasteiger partial charge in [-0.05, 0) is 48.6 Å². The molecule has 7 heteroatoms. The van der Waals surface area contributed by atoms with E-state index < -0.39 is 0 Å². The summed E-state index contributed by atoms with van der Waals surface area (Å²) in [4.78, 5) is 9.24. The average molecular weight is 656 g/mol. The van der Waals surface area contributed by atoms with E-state index in [1.807, 2.05) is 68.4 Å². The summed E-state index contributed by atoms with van der Waals surface area (Å²) < 4.78 is 13.6. The van der Waals surface area contributed by atoms with Gasteiger partial charge in [0.15, 0.2) is 0 Å². The first-order chi connectivity index (χ1) is 17.0. The molecule has 0 unspecified atom stereocenters. The molecule has 182 valence electrons. The molecule has 0 aliphatic rings. The van der Waals surface area contributed by atoms with E-state index in [2.05, 4.69) is 27.8 Å². The summed E-state index contributed by atoms with van der Waals surface area (Å²) >= 11 is 0. The van der Waals surface area contributed by atoms with Crippen LogP contribution in [0.4, 0.5) is 0 Å². The van der Waals surface area contributed by atoms with Crippen molar-refractivity contribution in [3.8, 4) is 29.1 Å². The summed E-state index contributed by atoms with van der Waals surface area (Å²) in [6.07, 6.45) is 0. The maximum Gasteiger partial charge on any atom is 0.217 e. The van der Waals surface area contributed by atoms with Crippen molar-refractivity contribution in [3.05, 3.63) is 90.0 Å². The molecule has 0 atom stereocenters. The van der Waals surface area contributed by atoms with Crippen LogP contribution in [-0.4, -0.2) is 26.8 Å². The molecule has 3 aromatic carbocycles. The molecule has 6 rings (SSSR count). The number of rotatable bonds is 4. The van der Waals surface area contributed by atoms with Crippen LogP contribution in [-0.2, 0) is 21.1 Å². The van der Waals surface area contributed by atoms with Gasteiger partial charge in [-0.2, -0.15) is 11.1 Å². The second-order valence-electron chi connectivity index (χ2n) is 8.54. The maximum atomic E-state index is 10.3. The van der Waals surface area contributed by atoms with Gasteiger partial charge in [0.2, 0.25) is 11.8 Å². The van der Waals surface area contributed by atoms with Crippen molar-refractivity contribution >= 4 is 32.7 Å². The Morgan fingerprint density at radius 3 is 2.47 bits per heavy atom. The number of ether oxygens (including phenoxy) is 2. The van der Waals surface area contributed by atoms with E-state index in [1.54, 1.807) is 13.2 Å². The van der Waals surface area contributed by atoms with Gasteiger partial charge >= 0.3 is 0 Å². The van der Waals surface area contributed by atoms with E-state index >= 15 is 0 Å². The smallest absolute Gasteiger partial charge is 0.217 e. The molecule has 0 amide bonds. The standard InChI is InChI=1S/C29H22N3O3.Pt/c1-17-13-26(30-27(14-17)34-3)32-23-9-5-4-7-21(23)22-12-11-19(16-24(22)32)35-28-15-18(2)20-8-6-10-25(33)29(20)31-28;/h4-15,33H,1-3H3;/q-1;. The Bertz CT molecular complexity index is 1760. The van der Waals surface area contributed by atoms with Crippen LogP contribution in [0.2, 0.25) is 0 Å². The first-order valence-corrected chi connectivity index (χ1v) is 11.3. The number of aromatic hydroxyl groups is 1. The fourth-order valence-corrected chi connectivity index (χ4v) is 4.55. The van der Waals surface area contributed by atoms with Crippen LogP contribution in [0.5, 0.6) is 23.3 Å². The largest absolute Gasteiger partial charge is 0.506 e. The zero-order chi connectivity index (χ0) is 24.1. The Labute approximate surface area is 222 Å². The molecular formula is C29H22N3O3Pt-. The van der Waals surface area contributed by atoms with Gasteiger partial charge in [-0.25, -0.2) is 4.98 Å². The second kappa shape index (κ2) is 9.29. The predicted octanol–water partition coefficient (Wildman–Crippen LogP) is 6.65. The number of methoxy groups -OCH3 is 1. The molecule has 3 aromatic heterocycles. The van der Waals surface area contributed by atoms with Gasteiger partial charge < -0.3 is 19.1 Å². The number of phenolic OH excluding ortho intramolecular Hbond substituents is 1. The number of hydrogen-bond acceptors (Lipinski definition) is 5. The number of pyridine rings is 2. The number of aryl methyl sites for hydroxylation is 2. The first-order valence-electron chi connectivity index (χ1n) is 11.3. The topological polar surface area (TPSA) is 69.4 Å². The summed E-state index contributed by atoms with van der Waals surface area (Å²) in [5.74, 6) is 2.32. The molecule has 0 fully saturated rings. The van der Waals surface area contributed by atoms with E-state index in [-0.39, 0.29) is 26.8 Å². The fraction of sp³-hybridized carbons (Fsp3) is 0.103. The molecule has 0 radical (unpaired) electrons. The minimum absolute atomic E-state index is 0. The average Bonchev–Trinajstić information content (AvgIpc) is 3.18. The second-order valence-corrected chi connectivity index (χ2v) is 8.54. The zero-order valence-corrected chi connectivity index (χ0v) is 22.1. The molecule has 0 aliphatic carbocycles. The quantitative estimate of drug-likeness (QED) is 0.216. The minimum atomic E-state index is 0. The van der Waals surface area contributed by atoms with Crippen LogP contribution in [0.15, 0.2) is 72.8 Å². The van der Waals surface area contributed by atoms with Crippen molar-refractivity contribution in [2.75, 3.05) is 7.11 Å². The van der Waals surface area contributed by atoms with Gasteiger partial charge in [0.25, 0.3) is 0 Å². The van der Waals surface area contributed by atoms with E-state index in [1.165, 1.54) is 0 Å². The van der Waals surface area contributed by atoms with Gasteiger partial charge in [0.1, 0.15) is 17.1 Å². The predicted molar refractivity (Wildman–Crippen MR) is 137 cm³/mol. The van der Waals surface area contributed by atoms with Crippen LogP contribution >= 0.6 is 0 Å². The molecule has 3 heterocycles. The van der Waals surface area contributed by atoms with Crippen molar-refractivity contribution < 1.29 is 35.6 Å². The van der Waals surface area contributed by atoms with Gasteiger partial charge in [0.05, 0.1) is 7.11 Å². The zero-order valence-electron chi connectivity index (χ0n) is 19.8. The van der Waals surface area contributed by atoms with Crippen molar-refractivity contribution in [3.63, 3.8) is 0 Å². The van der Waals surface area contributed by atoms with E-state index in [0.717, 1.165) is 44.1 Å². The molecule has 6 nitrogen and oxygen atoms in total. The molecule has 6 aromatic rings. The number of fused-ring (bicyclic) bond motifs is 4. The third-order valence-corrected chi connectivity index (χ3v) is 6.14. The van der Waals surface area contributed by atoms with Gasteiger partial charge in [-0.1, -0.05) is 35.8 Å². The number of hydrogen-bond donors (Lipinski definition) is 1. The monoisotopic (exact) mass is 655 g/mol.